The average Bonchev–Trinajstić information content (AvgIpc) is 2.51. The van der Waals surface area contributed by atoms with Gasteiger partial charge in [0, 0.05) is 23.7 Å². The van der Waals surface area contributed by atoms with Gasteiger partial charge in [-0.25, -0.2) is 0 Å². The fourth-order valence-electron chi connectivity index (χ4n) is 3.88. The van der Waals surface area contributed by atoms with E-state index in [4.69, 9.17) is 0 Å². The molecular weight excluding hydrogens is 292 g/mol. The van der Waals surface area contributed by atoms with Crippen LogP contribution in [-0.4, -0.2) is 28.4 Å². The molecule has 0 heterocycles. The molecule has 2 aliphatic carbocycles. The normalized spacial score (nSPS) is 21.0. The SMILES string of the molecule is C[C@@H](CO)C1=C(O)c2ccc3c(c2C(=O)C1=O)CCCC3(C)C. The number of rotatable bonds is 2. The molecule has 4 heteroatoms. The molecule has 0 amide bonds. The molecule has 23 heavy (non-hydrogen) atoms. The van der Waals surface area contributed by atoms with Gasteiger partial charge in [0.2, 0.25) is 11.6 Å². The number of hydrogen-bond acceptors (Lipinski definition) is 4. The Bertz CT molecular complexity index is 740. The van der Waals surface area contributed by atoms with E-state index in [1.807, 2.05) is 6.07 Å². The Labute approximate surface area is 135 Å². The third kappa shape index (κ3) is 2.24. The number of hydrogen-bond donors (Lipinski definition) is 2. The van der Waals surface area contributed by atoms with Crippen LogP contribution >= 0.6 is 0 Å². The summed E-state index contributed by atoms with van der Waals surface area (Å²) in [7, 11) is 0. The first-order valence-electron chi connectivity index (χ1n) is 8.09. The number of benzene rings is 1. The van der Waals surface area contributed by atoms with Crippen LogP contribution in [0.1, 0.15) is 60.7 Å². The zero-order valence-corrected chi connectivity index (χ0v) is 13.8. The Hall–Kier alpha value is -1.94. The minimum Gasteiger partial charge on any atom is -0.507 e. The Kier molecular flexibility index (Phi) is 3.68. The maximum absolute atomic E-state index is 12.7. The smallest absolute Gasteiger partial charge is 0.234 e. The van der Waals surface area contributed by atoms with E-state index in [1.165, 1.54) is 0 Å². The van der Waals surface area contributed by atoms with E-state index in [0.717, 1.165) is 30.4 Å². The van der Waals surface area contributed by atoms with E-state index in [0.29, 0.717) is 11.1 Å². The predicted molar refractivity (Wildman–Crippen MR) is 87.5 cm³/mol. The molecule has 2 aliphatic rings. The molecule has 0 saturated heterocycles. The van der Waals surface area contributed by atoms with E-state index in [1.54, 1.807) is 13.0 Å². The molecule has 122 valence electrons. The lowest BCUT2D eigenvalue weighted by Crippen LogP contribution is -2.32. The summed E-state index contributed by atoms with van der Waals surface area (Å²) in [6, 6.07) is 3.71. The van der Waals surface area contributed by atoms with Gasteiger partial charge in [-0.3, -0.25) is 9.59 Å². The average molecular weight is 314 g/mol. The van der Waals surface area contributed by atoms with E-state index in [9.17, 15) is 19.8 Å². The van der Waals surface area contributed by atoms with Crippen LogP contribution in [0.25, 0.3) is 5.76 Å². The topological polar surface area (TPSA) is 74.6 Å². The summed E-state index contributed by atoms with van der Waals surface area (Å²) in [5.41, 5.74) is 2.78. The number of aliphatic hydroxyl groups excluding tert-OH is 2. The van der Waals surface area contributed by atoms with Crippen LogP contribution < -0.4 is 0 Å². The summed E-state index contributed by atoms with van der Waals surface area (Å²) in [5.74, 6) is -1.96. The zero-order chi connectivity index (χ0) is 16.9. The summed E-state index contributed by atoms with van der Waals surface area (Å²) in [6.07, 6.45) is 2.75. The molecule has 3 rings (SSSR count). The zero-order valence-electron chi connectivity index (χ0n) is 13.8. The highest BCUT2D eigenvalue weighted by molar-refractivity contribution is 6.52. The van der Waals surface area contributed by atoms with Crippen molar-refractivity contribution in [3.8, 4) is 0 Å². The summed E-state index contributed by atoms with van der Waals surface area (Å²) >= 11 is 0. The summed E-state index contributed by atoms with van der Waals surface area (Å²) in [4.78, 5) is 25.2. The van der Waals surface area contributed by atoms with Gasteiger partial charge in [-0.05, 0) is 35.8 Å². The van der Waals surface area contributed by atoms with Gasteiger partial charge < -0.3 is 10.2 Å². The monoisotopic (exact) mass is 314 g/mol. The largest absolute Gasteiger partial charge is 0.507 e. The fraction of sp³-hybridized carbons (Fsp3) is 0.474. The molecule has 0 fully saturated rings. The van der Waals surface area contributed by atoms with Gasteiger partial charge in [-0.1, -0.05) is 32.9 Å². The standard InChI is InChI=1S/C19H22O4/c1-10(9-20)14-16(21)12-6-7-13-11(5-4-8-19(13,2)3)15(12)18(23)17(14)22/h6-7,10,20-21H,4-5,8-9H2,1-3H3/t10-/m0/s1. The lowest BCUT2D eigenvalue weighted by molar-refractivity contribution is -0.112. The summed E-state index contributed by atoms with van der Waals surface area (Å²) < 4.78 is 0. The Morgan fingerprint density at radius 1 is 1.22 bits per heavy atom. The van der Waals surface area contributed by atoms with E-state index < -0.39 is 17.5 Å². The highest BCUT2D eigenvalue weighted by Crippen LogP contribution is 2.42. The highest BCUT2D eigenvalue weighted by atomic mass is 16.3. The lowest BCUT2D eigenvalue weighted by atomic mass is 9.69. The van der Waals surface area contributed by atoms with Crippen molar-refractivity contribution in [3.05, 3.63) is 40.0 Å². The van der Waals surface area contributed by atoms with Crippen molar-refractivity contribution in [2.45, 2.75) is 45.4 Å². The van der Waals surface area contributed by atoms with Gasteiger partial charge >= 0.3 is 0 Å². The Morgan fingerprint density at radius 2 is 1.91 bits per heavy atom. The predicted octanol–water partition coefficient (Wildman–Crippen LogP) is 2.96. The molecule has 0 aliphatic heterocycles. The van der Waals surface area contributed by atoms with Gasteiger partial charge in [0.05, 0.1) is 5.57 Å². The fourth-order valence-corrected chi connectivity index (χ4v) is 3.88. The molecular formula is C19H22O4. The number of fused-ring (bicyclic) bond motifs is 3. The highest BCUT2D eigenvalue weighted by Gasteiger charge is 2.39. The molecule has 4 nitrogen and oxygen atoms in total. The van der Waals surface area contributed by atoms with Crippen LogP contribution in [0.4, 0.5) is 0 Å². The molecule has 1 aromatic carbocycles. The molecule has 0 aromatic heterocycles. The second-order valence-electron chi connectivity index (χ2n) is 7.26. The minimum absolute atomic E-state index is 0.0278. The van der Waals surface area contributed by atoms with Crippen molar-refractivity contribution >= 4 is 17.3 Å². The minimum atomic E-state index is -0.687. The van der Waals surface area contributed by atoms with Crippen LogP contribution in [-0.2, 0) is 16.6 Å². The van der Waals surface area contributed by atoms with Crippen LogP contribution in [0.15, 0.2) is 17.7 Å². The summed E-state index contributed by atoms with van der Waals surface area (Å²) in [6.45, 7) is 5.62. The first-order valence-corrected chi connectivity index (χ1v) is 8.09. The Balaban J connectivity index is 2.29. The van der Waals surface area contributed by atoms with Crippen molar-refractivity contribution in [1.82, 2.24) is 0 Å². The van der Waals surface area contributed by atoms with Gasteiger partial charge in [0.15, 0.2) is 0 Å². The van der Waals surface area contributed by atoms with Crippen LogP contribution in [0.5, 0.6) is 0 Å². The van der Waals surface area contributed by atoms with Crippen molar-refractivity contribution in [1.29, 1.82) is 0 Å². The van der Waals surface area contributed by atoms with E-state index in [-0.39, 0.29) is 23.4 Å². The molecule has 0 bridgehead atoms. The van der Waals surface area contributed by atoms with Gasteiger partial charge in [-0.2, -0.15) is 0 Å². The lowest BCUT2D eigenvalue weighted by Gasteiger charge is -2.35. The second-order valence-corrected chi connectivity index (χ2v) is 7.26. The van der Waals surface area contributed by atoms with E-state index in [2.05, 4.69) is 13.8 Å². The molecule has 0 unspecified atom stereocenters. The maximum Gasteiger partial charge on any atom is 0.234 e. The molecule has 2 N–H and O–H groups in total. The van der Waals surface area contributed by atoms with Crippen LogP contribution in [0, 0.1) is 5.92 Å². The summed E-state index contributed by atoms with van der Waals surface area (Å²) in [5, 5.41) is 19.8. The number of carbonyl (C=O) groups excluding carboxylic acids is 2. The molecule has 1 atom stereocenters. The molecule has 1 aromatic rings. The first-order chi connectivity index (χ1) is 10.8. The van der Waals surface area contributed by atoms with Crippen molar-refractivity contribution in [2.24, 2.45) is 5.92 Å². The number of aliphatic hydroxyl groups is 2. The van der Waals surface area contributed by atoms with Crippen molar-refractivity contribution < 1.29 is 19.8 Å². The van der Waals surface area contributed by atoms with Gasteiger partial charge in [-0.15, -0.1) is 0 Å². The third-order valence-corrected chi connectivity index (χ3v) is 5.23. The first kappa shape index (κ1) is 15.9. The number of Topliss-reactive ketones (excluding diaryl/α,β-unsaturated/α-hetero) is 2. The van der Waals surface area contributed by atoms with Crippen molar-refractivity contribution in [2.75, 3.05) is 6.61 Å². The number of carbonyl (C=O) groups is 2. The maximum atomic E-state index is 12.7. The molecule has 0 radical (unpaired) electrons. The van der Waals surface area contributed by atoms with Gasteiger partial charge in [0.1, 0.15) is 5.76 Å². The van der Waals surface area contributed by atoms with Crippen LogP contribution in [0.3, 0.4) is 0 Å². The third-order valence-electron chi connectivity index (χ3n) is 5.23. The van der Waals surface area contributed by atoms with Gasteiger partial charge in [0.25, 0.3) is 0 Å². The molecule has 0 spiro atoms. The number of ketones is 2. The van der Waals surface area contributed by atoms with E-state index >= 15 is 0 Å². The second kappa shape index (κ2) is 5.31. The molecule has 0 saturated carbocycles. The van der Waals surface area contributed by atoms with Crippen LogP contribution in [0.2, 0.25) is 0 Å². The quantitative estimate of drug-likeness (QED) is 0.823. The van der Waals surface area contributed by atoms with Crippen molar-refractivity contribution in [3.63, 3.8) is 0 Å². The Morgan fingerprint density at radius 3 is 2.57 bits per heavy atom.